The average molecular weight is 245 g/mol. The molecule has 1 aliphatic rings. The fraction of sp³-hybridized carbons (Fsp3) is 0.600. The summed E-state index contributed by atoms with van der Waals surface area (Å²) in [6, 6.07) is 1.46. The van der Waals surface area contributed by atoms with E-state index in [1.807, 2.05) is 13.8 Å². The van der Waals surface area contributed by atoms with Crippen molar-refractivity contribution in [2.45, 2.75) is 31.0 Å². The molecule has 1 fully saturated rings. The van der Waals surface area contributed by atoms with Crippen LogP contribution in [0, 0.1) is 0 Å². The fourth-order valence-corrected chi connectivity index (χ4v) is 3.39. The van der Waals surface area contributed by atoms with Gasteiger partial charge in [0.25, 0.3) is 0 Å². The lowest BCUT2D eigenvalue weighted by atomic mass is 10.3. The van der Waals surface area contributed by atoms with Crippen LogP contribution in [-0.4, -0.2) is 38.0 Å². The molecule has 6 heteroatoms. The minimum atomic E-state index is -3.42. The summed E-state index contributed by atoms with van der Waals surface area (Å²) in [7, 11) is -3.42. The Morgan fingerprint density at radius 2 is 1.94 bits per heavy atom. The normalized spacial score (nSPS) is 28.1. The Kier molecular flexibility index (Phi) is 3.05. The first-order chi connectivity index (χ1) is 7.50. The maximum atomic E-state index is 12.1. The van der Waals surface area contributed by atoms with Crippen LogP contribution in [0.5, 0.6) is 0 Å². The number of sulfonamides is 1. The van der Waals surface area contributed by atoms with Crippen molar-refractivity contribution in [1.29, 1.82) is 0 Å². The van der Waals surface area contributed by atoms with Crippen LogP contribution in [0.25, 0.3) is 0 Å². The first kappa shape index (κ1) is 11.6. The molecule has 0 saturated carbocycles. The van der Waals surface area contributed by atoms with E-state index in [9.17, 15) is 8.42 Å². The maximum Gasteiger partial charge on any atom is 0.246 e. The van der Waals surface area contributed by atoms with E-state index in [1.165, 1.54) is 22.9 Å². The molecule has 1 aromatic heterocycles. The third kappa shape index (κ3) is 2.14. The molecule has 0 radical (unpaired) electrons. The number of hydrogen-bond acceptors (Lipinski definition) is 4. The lowest BCUT2D eigenvalue weighted by Crippen LogP contribution is -2.47. The van der Waals surface area contributed by atoms with Crippen LogP contribution >= 0.6 is 0 Å². The van der Waals surface area contributed by atoms with Gasteiger partial charge in [0, 0.05) is 13.1 Å². The summed E-state index contributed by atoms with van der Waals surface area (Å²) in [6.07, 6.45) is 2.45. The van der Waals surface area contributed by atoms with Gasteiger partial charge in [0.2, 0.25) is 10.0 Å². The molecule has 1 saturated heterocycles. The van der Waals surface area contributed by atoms with Crippen molar-refractivity contribution in [3.8, 4) is 0 Å². The van der Waals surface area contributed by atoms with E-state index in [2.05, 4.69) is 0 Å². The highest BCUT2D eigenvalue weighted by molar-refractivity contribution is 7.89. The third-order valence-electron chi connectivity index (χ3n) is 2.52. The predicted octanol–water partition coefficient (Wildman–Crippen LogP) is 1.08. The van der Waals surface area contributed by atoms with Gasteiger partial charge in [0.1, 0.15) is 11.2 Å². The Bertz CT molecular complexity index is 429. The second-order valence-electron chi connectivity index (χ2n) is 4.04. The Balaban J connectivity index is 2.24. The van der Waals surface area contributed by atoms with Crippen molar-refractivity contribution in [3.63, 3.8) is 0 Å². The number of ether oxygens (including phenoxy) is 1. The van der Waals surface area contributed by atoms with Gasteiger partial charge in [-0.1, -0.05) is 0 Å². The molecule has 0 bridgehead atoms. The van der Waals surface area contributed by atoms with Crippen molar-refractivity contribution >= 4 is 10.0 Å². The minimum Gasteiger partial charge on any atom is -0.471 e. The molecule has 2 heterocycles. The third-order valence-corrected chi connectivity index (χ3v) is 4.32. The van der Waals surface area contributed by atoms with E-state index in [1.54, 1.807) is 0 Å². The zero-order chi connectivity index (χ0) is 11.8. The molecule has 0 spiro atoms. The Morgan fingerprint density at radius 3 is 2.44 bits per heavy atom. The van der Waals surface area contributed by atoms with E-state index in [0.29, 0.717) is 13.1 Å². The first-order valence-corrected chi connectivity index (χ1v) is 6.62. The molecule has 0 amide bonds. The first-order valence-electron chi connectivity index (χ1n) is 5.18. The van der Waals surface area contributed by atoms with Crippen molar-refractivity contribution in [2.75, 3.05) is 13.1 Å². The predicted molar refractivity (Wildman–Crippen MR) is 57.5 cm³/mol. The Labute approximate surface area is 95.0 Å². The van der Waals surface area contributed by atoms with E-state index >= 15 is 0 Å². The molecule has 0 aromatic carbocycles. The molecule has 1 aromatic rings. The van der Waals surface area contributed by atoms with Crippen molar-refractivity contribution in [1.82, 2.24) is 4.31 Å². The molecule has 1 aliphatic heterocycles. The van der Waals surface area contributed by atoms with Crippen LogP contribution in [-0.2, 0) is 14.8 Å². The number of hydrogen-bond donors (Lipinski definition) is 0. The van der Waals surface area contributed by atoms with Crippen LogP contribution in [0.3, 0.4) is 0 Å². The largest absolute Gasteiger partial charge is 0.471 e. The summed E-state index contributed by atoms with van der Waals surface area (Å²) in [5, 5.41) is 0. The molecule has 0 aliphatic carbocycles. The van der Waals surface area contributed by atoms with E-state index < -0.39 is 10.0 Å². The van der Waals surface area contributed by atoms with Crippen molar-refractivity contribution < 1.29 is 17.6 Å². The Morgan fingerprint density at radius 1 is 1.31 bits per heavy atom. The van der Waals surface area contributed by atoms with Gasteiger partial charge in [0.15, 0.2) is 0 Å². The maximum absolute atomic E-state index is 12.1. The molecular formula is C10H15NO4S. The lowest BCUT2D eigenvalue weighted by molar-refractivity contribution is -0.0440. The monoisotopic (exact) mass is 245 g/mol. The van der Waals surface area contributed by atoms with Crippen LogP contribution < -0.4 is 0 Å². The highest BCUT2D eigenvalue weighted by Crippen LogP contribution is 2.20. The summed E-state index contributed by atoms with van der Waals surface area (Å²) < 4.78 is 36.0. The van der Waals surface area contributed by atoms with Crippen LogP contribution in [0.2, 0.25) is 0 Å². The van der Waals surface area contributed by atoms with Gasteiger partial charge in [-0.2, -0.15) is 4.31 Å². The average Bonchev–Trinajstić information content (AvgIpc) is 2.69. The second kappa shape index (κ2) is 4.20. The van der Waals surface area contributed by atoms with Gasteiger partial charge in [0.05, 0.1) is 18.5 Å². The second-order valence-corrected chi connectivity index (χ2v) is 5.98. The molecule has 2 rings (SSSR count). The topological polar surface area (TPSA) is 59.8 Å². The quantitative estimate of drug-likeness (QED) is 0.782. The van der Waals surface area contributed by atoms with Gasteiger partial charge in [-0.25, -0.2) is 8.42 Å². The molecule has 5 nitrogen and oxygen atoms in total. The highest BCUT2D eigenvalue weighted by Gasteiger charge is 2.32. The van der Waals surface area contributed by atoms with Crippen LogP contribution in [0.1, 0.15) is 13.8 Å². The summed E-state index contributed by atoms with van der Waals surface area (Å²) in [5.74, 6) is 0. The molecular weight excluding hydrogens is 230 g/mol. The zero-order valence-electron chi connectivity index (χ0n) is 9.29. The van der Waals surface area contributed by atoms with Crippen molar-refractivity contribution in [2.24, 2.45) is 0 Å². The smallest absolute Gasteiger partial charge is 0.246 e. The standard InChI is InChI=1S/C10H15NO4S/c1-8-5-11(6-9(2)15-8)16(12,13)10-3-4-14-7-10/h3-4,7-9H,5-6H2,1-2H3/t8-,9?/m0/s1. The molecule has 2 atom stereocenters. The lowest BCUT2D eigenvalue weighted by Gasteiger charge is -2.34. The van der Waals surface area contributed by atoms with Gasteiger partial charge >= 0.3 is 0 Å². The minimum absolute atomic E-state index is 0.0783. The summed E-state index contributed by atoms with van der Waals surface area (Å²) in [6.45, 7) is 4.51. The zero-order valence-corrected chi connectivity index (χ0v) is 10.1. The molecule has 16 heavy (non-hydrogen) atoms. The number of morpholine rings is 1. The van der Waals surface area contributed by atoms with E-state index in [-0.39, 0.29) is 17.1 Å². The van der Waals surface area contributed by atoms with E-state index in [0.717, 1.165) is 0 Å². The molecule has 1 unspecified atom stereocenters. The molecule has 0 N–H and O–H groups in total. The van der Waals surface area contributed by atoms with Gasteiger partial charge in [-0.15, -0.1) is 0 Å². The summed E-state index contributed by atoms with van der Waals surface area (Å²) in [4.78, 5) is 0.203. The van der Waals surface area contributed by atoms with Gasteiger partial charge in [-0.3, -0.25) is 0 Å². The Hall–Kier alpha value is -0.850. The van der Waals surface area contributed by atoms with Gasteiger partial charge in [-0.05, 0) is 19.9 Å². The number of nitrogens with zero attached hydrogens (tertiary/aromatic N) is 1. The number of furan rings is 1. The molecule has 90 valence electrons. The SMILES string of the molecule is CC1CN(S(=O)(=O)c2ccoc2)C[C@H](C)O1. The summed E-state index contributed by atoms with van der Waals surface area (Å²) >= 11 is 0. The highest BCUT2D eigenvalue weighted by atomic mass is 32.2. The van der Waals surface area contributed by atoms with Crippen molar-refractivity contribution in [3.05, 3.63) is 18.6 Å². The van der Waals surface area contributed by atoms with Crippen LogP contribution in [0.4, 0.5) is 0 Å². The van der Waals surface area contributed by atoms with Gasteiger partial charge < -0.3 is 9.15 Å². The fourth-order valence-electron chi connectivity index (χ4n) is 1.87. The van der Waals surface area contributed by atoms with Crippen LogP contribution in [0.15, 0.2) is 27.9 Å². The summed E-state index contributed by atoms with van der Waals surface area (Å²) in [5.41, 5.74) is 0. The van der Waals surface area contributed by atoms with E-state index in [4.69, 9.17) is 9.15 Å². The number of rotatable bonds is 2.